The lowest BCUT2D eigenvalue weighted by Crippen LogP contribution is -2.48. The maximum absolute atomic E-state index is 11.0. The lowest BCUT2D eigenvalue weighted by Gasteiger charge is -2.41. The van der Waals surface area contributed by atoms with Gasteiger partial charge in [-0.05, 0) is 30.6 Å². The third kappa shape index (κ3) is 0.762. The van der Waals surface area contributed by atoms with Gasteiger partial charge in [0.05, 0.1) is 0 Å². The van der Waals surface area contributed by atoms with Crippen molar-refractivity contribution >= 4 is 6.29 Å². The Hall–Kier alpha value is -0.370. The minimum absolute atomic E-state index is 0.114. The molecule has 13 heavy (non-hydrogen) atoms. The van der Waals surface area contributed by atoms with Gasteiger partial charge in [0.25, 0.3) is 0 Å². The molecule has 0 radical (unpaired) electrons. The zero-order chi connectivity index (χ0) is 9.91. The number of hydrogen-bond donors (Lipinski definition) is 1. The van der Waals surface area contributed by atoms with Crippen LogP contribution < -0.4 is 0 Å². The second kappa shape index (κ2) is 2.17. The van der Waals surface area contributed by atoms with Crippen molar-refractivity contribution in [2.45, 2.75) is 45.6 Å². The highest BCUT2D eigenvalue weighted by atomic mass is 16.3. The van der Waals surface area contributed by atoms with Crippen LogP contribution in [-0.4, -0.2) is 17.0 Å². The van der Waals surface area contributed by atoms with Crippen molar-refractivity contribution in [2.75, 3.05) is 0 Å². The highest BCUT2D eigenvalue weighted by Crippen LogP contribution is 2.68. The fourth-order valence-electron chi connectivity index (χ4n) is 3.51. The minimum atomic E-state index is -1.06. The van der Waals surface area contributed by atoms with Crippen molar-refractivity contribution in [1.29, 1.82) is 0 Å². The van der Waals surface area contributed by atoms with Gasteiger partial charge in [-0.25, -0.2) is 0 Å². The highest BCUT2D eigenvalue weighted by Gasteiger charge is 2.68. The standard InChI is InChI=1S/C11H18O2/c1-9(2)8-4-5-10(9,3)11(13,6-8)7-12/h7-8,13H,4-6H2,1-3H3/t8-,10+,11+/m1/s1. The van der Waals surface area contributed by atoms with Crippen molar-refractivity contribution in [3.05, 3.63) is 0 Å². The molecule has 74 valence electrons. The maximum Gasteiger partial charge on any atom is 0.152 e. The molecule has 0 aliphatic heterocycles. The molecule has 2 fully saturated rings. The molecule has 2 bridgehead atoms. The number of carbonyl (C=O) groups excluding carboxylic acids is 1. The number of rotatable bonds is 1. The lowest BCUT2D eigenvalue weighted by molar-refractivity contribution is -0.141. The molecule has 2 rings (SSSR count). The van der Waals surface area contributed by atoms with Crippen molar-refractivity contribution in [3.63, 3.8) is 0 Å². The fraction of sp³-hybridized carbons (Fsp3) is 0.909. The molecule has 0 aromatic heterocycles. The van der Waals surface area contributed by atoms with Crippen LogP contribution in [0.4, 0.5) is 0 Å². The molecule has 2 heteroatoms. The molecule has 3 atom stereocenters. The molecular weight excluding hydrogens is 164 g/mol. The topological polar surface area (TPSA) is 37.3 Å². The van der Waals surface area contributed by atoms with E-state index in [1.54, 1.807) is 0 Å². The second-order valence-electron chi connectivity index (χ2n) is 5.54. The Morgan fingerprint density at radius 2 is 2.00 bits per heavy atom. The summed E-state index contributed by atoms with van der Waals surface area (Å²) in [6, 6.07) is 0. The smallest absolute Gasteiger partial charge is 0.152 e. The first-order valence-electron chi connectivity index (χ1n) is 5.06. The van der Waals surface area contributed by atoms with E-state index >= 15 is 0 Å². The maximum atomic E-state index is 11.0. The molecule has 0 aromatic rings. The summed E-state index contributed by atoms with van der Waals surface area (Å²) >= 11 is 0. The molecule has 0 aromatic carbocycles. The lowest BCUT2D eigenvalue weighted by atomic mass is 9.65. The summed E-state index contributed by atoms with van der Waals surface area (Å²) in [6.45, 7) is 6.44. The zero-order valence-electron chi connectivity index (χ0n) is 8.63. The first kappa shape index (κ1) is 9.20. The molecule has 0 amide bonds. The van der Waals surface area contributed by atoms with Crippen molar-refractivity contribution in [2.24, 2.45) is 16.7 Å². The van der Waals surface area contributed by atoms with Gasteiger partial charge < -0.3 is 9.90 Å². The quantitative estimate of drug-likeness (QED) is 0.627. The van der Waals surface area contributed by atoms with E-state index in [4.69, 9.17) is 0 Å². The van der Waals surface area contributed by atoms with Gasteiger partial charge in [-0.1, -0.05) is 20.8 Å². The van der Waals surface area contributed by atoms with Gasteiger partial charge >= 0.3 is 0 Å². The third-order valence-electron chi connectivity index (χ3n) is 5.14. The Bertz CT molecular complexity index is 259. The second-order valence-corrected chi connectivity index (χ2v) is 5.54. The summed E-state index contributed by atoms with van der Waals surface area (Å²) in [5.74, 6) is 0.521. The van der Waals surface area contributed by atoms with Gasteiger partial charge in [0.2, 0.25) is 0 Å². The van der Waals surface area contributed by atoms with E-state index in [1.165, 1.54) is 6.42 Å². The molecule has 0 unspecified atom stereocenters. The summed E-state index contributed by atoms with van der Waals surface area (Å²) in [5.41, 5.74) is -1.14. The molecule has 1 N–H and O–H groups in total. The van der Waals surface area contributed by atoms with Crippen LogP contribution in [-0.2, 0) is 4.79 Å². The molecule has 0 spiro atoms. The average Bonchev–Trinajstić information content (AvgIpc) is 2.36. The monoisotopic (exact) mass is 182 g/mol. The van der Waals surface area contributed by atoms with E-state index in [-0.39, 0.29) is 10.8 Å². The van der Waals surface area contributed by atoms with E-state index in [0.717, 1.165) is 12.7 Å². The fourth-order valence-corrected chi connectivity index (χ4v) is 3.51. The SMILES string of the molecule is CC1(C)[C@@H]2CC[C@]1(C)[C@@](O)(C=O)C2. The van der Waals surface area contributed by atoms with E-state index in [1.807, 2.05) is 0 Å². The van der Waals surface area contributed by atoms with Crippen LogP contribution in [0.5, 0.6) is 0 Å². The molecule has 0 heterocycles. The van der Waals surface area contributed by atoms with E-state index in [9.17, 15) is 9.90 Å². The average molecular weight is 182 g/mol. The Morgan fingerprint density at radius 3 is 2.23 bits per heavy atom. The molecule has 2 saturated carbocycles. The van der Waals surface area contributed by atoms with Crippen LogP contribution in [0.2, 0.25) is 0 Å². The van der Waals surface area contributed by atoms with Gasteiger partial charge in [-0.15, -0.1) is 0 Å². The number of aldehydes is 1. The predicted molar refractivity (Wildman–Crippen MR) is 50.2 cm³/mol. The van der Waals surface area contributed by atoms with E-state index in [2.05, 4.69) is 20.8 Å². The van der Waals surface area contributed by atoms with Gasteiger partial charge in [0, 0.05) is 5.41 Å². The van der Waals surface area contributed by atoms with E-state index < -0.39 is 5.60 Å². The summed E-state index contributed by atoms with van der Waals surface area (Å²) in [7, 11) is 0. The number of carbonyl (C=O) groups is 1. The first-order valence-corrected chi connectivity index (χ1v) is 5.06. The van der Waals surface area contributed by atoms with Gasteiger partial charge in [-0.2, -0.15) is 0 Å². The van der Waals surface area contributed by atoms with Crippen molar-refractivity contribution in [3.8, 4) is 0 Å². The van der Waals surface area contributed by atoms with Crippen LogP contribution in [0.1, 0.15) is 40.0 Å². The summed E-state index contributed by atoms with van der Waals surface area (Å²) < 4.78 is 0. The molecule has 2 aliphatic rings. The van der Waals surface area contributed by atoms with Gasteiger partial charge in [0.15, 0.2) is 6.29 Å². The largest absolute Gasteiger partial charge is 0.382 e. The minimum Gasteiger partial charge on any atom is -0.382 e. The van der Waals surface area contributed by atoms with Crippen molar-refractivity contribution in [1.82, 2.24) is 0 Å². The Morgan fingerprint density at radius 1 is 1.38 bits per heavy atom. The molecule has 0 saturated heterocycles. The summed E-state index contributed by atoms with van der Waals surface area (Å²) in [6.07, 6.45) is 3.59. The summed E-state index contributed by atoms with van der Waals surface area (Å²) in [5, 5.41) is 10.2. The number of hydrogen-bond acceptors (Lipinski definition) is 2. The third-order valence-corrected chi connectivity index (χ3v) is 5.14. The van der Waals surface area contributed by atoms with Crippen LogP contribution >= 0.6 is 0 Å². The highest BCUT2D eigenvalue weighted by molar-refractivity contribution is 5.66. The summed E-state index contributed by atoms with van der Waals surface area (Å²) in [4.78, 5) is 11.0. The molecule has 2 nitrogen and oxygen atoms in total. The van der Waals surface area contributed by atoms with Gasteiger partial charge in [-0.3, -0.25) is 0 Å². The predicted octanol–water partition coefficient (Wildman–Crippen LogP) is 1.76. The first-order chi connectivity index (χ1) is 5.87. The van der Waals surface area contributed by atoms with Crippen LogP contribution in [0.15, 0.2) is 0 Å². The molecular formula is C11H18O2. The normalized spacial score (nSPS) is 52.5. The van der Waals surface area contributed by atoms with Crippen LogP contribution in [0.3, 0.4) is 0 Å². The van der Waals surface area contributed by atoms with E-state index in [0.29, 0.717) is 12.3 Å². The Balaban J connectivity index is 2.49. The van der Waals surface area contributed by atoms with Crippen LogP contribution in [0, 0.1) is 16.7 Å². The number of aliphatic hydroxyl groups is 1. The Labute approximate surface area is 79.3 Å². The van der Waals surface area contributed by atoms with Crippen LogP contribution in [0.25, 0.3) is 0 Å². The Kier molecular flexibility index (Phi) is 1.53. The number of fused-ring (bicyclic) bond motifs is 2. The van der Waals surface area contributed by atoms with Crippen molar-refractivity contribution < 1.29 is 9.90 Å². The molecule has 2 aliphatic carbocycles. The zero-order valence-corrected chi connectivity index (χ0v) is 8.63. The van der Waals surface area contributed by atoms with Gasteiger partial charge in [0.1, 0.15) is 5.60 Å².